The number of methoxy groups -OCH3 is 2. The Morgan fingerprint density at radius 2 is 1.86 bits per heavy atom. The number of hydrogen-bond donors (Lipinski definition) is 1. The number of rotatable bonds is 4. The van der Waals surface area contributed by atoms with Crippen LogP contribution >= 0.6 is 0 Å². The van der Waals surface area contributed by atoms with Gasteiger partial charge in [-0.3, -0.25) is 4.79 Å². The molecule has 1 aromatic carbocycles. The smallest absolute Gasteiger partial charge is 0.274 e. The highest BCUT2D eigenvalue weighted by atomic mass is 16.5. The number of carbonyl (C=O) groups excluding carboxylic acids is 1. The first kappa shape index (κ1) is 14.8. The highest BCUT2D eigenvalue weighted by Gasteiger charge is 2.13. The molecule has 6 nitrogen and oxygen atoms in total. The van der Waals surface area contributed by atoms with Crippen molar-refractivity contribution >= 4 is 11.6 Å². The van der Waals surface area contributed by atoms with E-state index in [-0.39, 0.29) is 5.91 Å². The predicted molar refractivity (Wildman–Crippen MR) is 79.0 cm³/mol. The summed E-state index contributed by atoms with van der Waals surface area (Å²) in [6.45, 7) is 3.57. The van der Waals surface area contributed by atoms with E-state index < -0.39 is 0 Å². The molecule has 0 aliphatic carbocycles. The van der Waals surface area contributed by atoms with Gasteiger partial charge in [0, 0.05) is 11.8 Å². The van der Waals surface area contributed by atoms with E-state index in [0.29, 0.717) is 28.7 Å². The third-order valence-corrected chi connectivity index (χ3v) is 2.86. The van der Waals surface area contributed by atoms with Crippen molar-refractivity contribution in [3.05, 3.63) is 41.5 Å². The van der Waals surface area contributed by atoms with Crippen LogP contribution in [0.15, 0.2) is 24.3 Å². The van der Waals surface area contributed by atoms with E-state index in [4.69, 9.17) is 9.47 Å². The minimum atomic E-state index is -0.313. The van der Waals surface area contributed by atoms with Crippen molar-refractivity contribution < 1.29 is 14.3 Å². The molecule has 110 valence electrons. The molecule has 0 aliphatic rings. The Hall–Kier alpha value is -2.63. The third-order valence-electron chi connectivity index (χ3n) is 2.86. The summed E-state index contributed by atoms with van der Waals surface area (Å²) in [6, 6.07) is 6.80. The number of ether oxygens (including phenoxy) is 2. The van der Waals surface area contributed by atoms with E-state index in [2.05, 4.69) is 15.3 Å². The molecule has 1 aromatic heterocycles. The van der Waals surface area contributed by atoms with Crippen LogP contribution in [0.5, 0.6) is 11.5 Å². The molecule has 0 fully saturated rings. The summed E-state index contributed by atoms with van der Waals surface area (Å²) in [5, 5.41) is 2.77. The largest absolute Gasteiger partial charge is 0.497 e. The molecule has 0 saturated heterocycles. The predicted octanol–water partition coefficient (Wildman–Crippen LogP) is 2.36. The SMILES string of the molecule is COc1ccc(NC(=O)c2cc(C)nc(C)n2)c(OC)c1. The molecule has 1 heterocycles. The van der Waals surface area contributed by atoms with Crippen molar-refractivity contribution in [3.8, 4) is 11.5 Å². The van der Waals surface area contributed by atoms with Gasteiger partial charge < -0.3 is 14.8 Å². The molecule has 2 aromatic rings. The van der Waals surface area contributed by atoms with E-state index in [9.17, 15) is 4.79 Å². The van der Waals surface area contributed by atoms with Crippen LogP contribution in [0.25, 0.3) is 0 Å². The van der Waals surface area contributed by atoms with Crippen LogP contribution in [-0.2, 0) is 0 Å². The number of hydrogen-bond acceptors (Lipinski definition) is 5. The first-order valence-electron chi connectivity index (χ1n) is 6.39. The summed E-state index contributed by atoms with van der Waals surface area (Å²) in [6.07, 6.45) is 0. The van der Waals surface area contributed by atoms with Crippen molar-refractivity contribution in [2.75, 3.05) is 19.5 Å². The summed E-state index contributed by atoms with van der Waals surface area (Å²) in [7, 11) is 3.10. The van der Waals surface area contributed by atoms with Crippen LogP contribution in [0, 0.1) is 13.8 Å². The minimum Gasteiger partial charge on any atom is -0.497 e. The quantitative estimate of drug-likeness (QED) is 0.934. The van der Waals surface area contributed by atoms with Gasteiger partial charge in [0.2, 0.25) is 0 Å². The number of nitrogens with zero attached hydrogens (tertiary/aromatic N) is 2. The lowest BCUT2D eigenvalue weighted by Crippen LogP contribution is -2.15. The van der Waals surface area contributed by atoms with Crippen LogP contribution in [0.4, 0.5) is 5.69 Å². The molecule has 0 spiro atoms. The molecule has 0 radical (unpaired) electrons. The lowest BCUT2D eigenvalue weighted by molar-refractivity contribution is 0.102. The highest BCUT2D eigenvalue weighted by Crippen LogP contribution is 2.29. The maximum absolute atomic E-state index is 12.3. The second kappa shape index (κ2) is 6.21. The second-order valence-corrected chi connectivity index (χ2v) is 4.46. The zero-order chi connectivity index (χ0) is 15.4. The fraction of sp³-hybridized carbons (Fsp3) is 0.267. The van der Waals surface area contributed by atoms with E-state index in [1.807, 2.05) is 6.92 Å². The van der Waals surface area contributed by atoms with E-state index in [1.54, 1.807) is 38.3 Å². The normalized spacial score (nSPS) is 10.1. The number of carbonyl (C=O) groups is 1. The van der Waals surface area contributed by atoms with Crippen molar-refractivity contribution in [1.82, 2.24) is 9.97 Å². The fourth-order valence-corrected chi connectivity index (χ4v) is 1.92. The van der Waals surface area contributed by atoms with Gasteiger partial charge in [-0.1, -0.05) is 0 Å². The van der Waals surface area contributed by atoms with E-state index in [1.165, 1.54) is 7.11 Å². The van der Waals surface area contributed by atoms with Crippen LogP contribution in [0.3, 0.4) is 0 Å². The lowest BCUT2D eigenvalue weighted by atomic mass is 10.2. The maximum atomic E-state index is 12.3. The Morgan fingerprint density at radius 3 is 2.48 bits per heavy atom. The van der Waals surface area contributed by atoms with Gasteiger partial charge in [-0.25, -0.2) is 9.97 Å². The first-order valence-corrected chi connectivity index (χ1v) is 6.39. The van der Waals surface area contributed by atoms with Gasteiger partial charge in [0.15, 0.2) is 0 Å². The third kappa shape index (κ3) is 3.47. The van der Waals surface area contributed by atoms with Crippen LogP contribution in [0.1, 0.15) is 22.0 Å². The monoisotopic (exact) mass is 287 g/mol. The molecule has 21 heavy (non-hydrogen) atoms. The topological polar surface area (TPSA) is 73.3 Å². The molecular weight excluding hydrogens is 270 g/mol. The Morgan fingerprint density at radius 1 is 1.10 bits per heavy atom. The molecule has 0 unspecified atom stereocenters. The summed E-state index contributed by atoms with van der Waals surface area (Å²) < 4.78 is 10.4. The number of aromatic nitrogens is 2. The van der Waals surface area contributed by atoms with Crippen molar-refractivity contribution in [2.24, 2.45) is 0 Å². The number of benzene rings is 1. The summed E-state index contributed by atoms with van der Waals surface area (Å²) in [5.74, 6) is 1.41. The number of aryl methyl sites for hydroxylation is 2. The molecular formula is C15H17N3O3. The van der Waals surface area contributed by atoms with Gasteiger partial charge >= 0.3 is 0 Å². The molecule has 0 aliphatic heterocycles. The second-order valence-electron chi connectivity index (χ2n) is 4.46. The van der Waals surface area contributed by atoms with Gasteiger partial charge in [-0.15, -0.1) is 0 Å². The molecule has 6 heteroatoms. The van der Waals surface area contributed by atoms with Crippen molar-refractivity contribution in [1.29, 1.82) is 0 Å². The van der Waals surface area contributed by atoms with Gasteiger partial charge in [0.1, 0.15) is 23.0 Å². The van der Waals surface area contributed by atoms with E-state index in [0.717, 1.165) is 5.69 Å². The Balaban J connectivity index is 2.26. The van der Waals surface area contributed by atoms with Gasteiger partial charge in [-0.2, -0.15) is 0 Å². The van der Waals surface area contributed by atoms with Crippen molar-refractivity contribution in [3.63, 3.8) is 0 Å². The zero-order valence-corrected chi connectivity index (χ0v) is 12.4. The van der Waals surface area contributed by atoms with Gasteiger partial charge in [-0.05, 0) is 32.0 Å². The number of anilines is 1. The fourth-order valence-electron chi connectivity index (χ4n) is 1.92. The number of nitrogens with one attached hydrogen (secondary N) is 1. The Bertz CT molecular complexity index is 651. The average Bonchev–Trinajstić information content (AvgIpc) is 2.46. The van der Waals surface area contributed by atoms with Crippen LogP contribution in [-0.4, -0.2) is 30.1 Å². The lowest BCUT2D eigenvalue weighted by Gasteiger charge is -2.11. The zero-order valence-electron chi connectivity index (χ0n) is 12.4. The van der Waals surface area contributed by atoms with E-state index >= 15 is 0 Å². The highest BCUT2D eigenvalue weighted by molar-refractivity contribution is 6.03. The molecule has 0 saturated carbocycles. The van der Waals surface area contributed by atoms with Crippen LogP contribution < -0.4 is 14.8 Å². The molecule has 2 rings (SSSR count). The average molecular weight is 287 g/mol. The van der Waals surface area contributed by atoms with Crippen molar-refractivity contribution in [2.45, 2.75) is 13.8 Å². The Kier molecular flexibility index (Phi) is 4.37. The van der Waals surface area contributed by atoms with Crippen LogP contribution in [0.2, 0.25) is 0 Å². The van der Waals surface area contributed by atoms with Gasteiger partial charge in [0.25, 0.3) is 5.91 Å². The molecule has 0 atom stereocenters. The Labute approximate surface area is 123 Å². The summed E-state index contributed by atoms with van der Waals surface area (Å²) in [5.41, 5.74) is 1.62. The minimum absolute atomic E-state index is 0.313. The summed E-state index contributed by atoms with van der Waals surface area (Å²) in [4.78, 5) is 20.5. The molecule has 1 amide bonds. The standard InChI is InChI=1S/C15H17N3O3/c1-9-7-13(17-10(2)16-9)15(19)18-12-6-5-11(20-3)8-14(12)21-4/h5-8H,1-4H3,(H,18,19). The first-order chi connectivity index (χ1) is 10.0. The number of amides is 1. The summed E-state index contributed by atoms with van der Waals surface area (Å²) >= 11 is 0. The molecule has 0 bridgehead atoms. The maximum Gasteiger partial charge on any atom is 0.274 e. The van der Waals surface area contributed by atoms with Gasteiger partial charge in [0.05, 0.1) is 19.9 Å². The molecule has 1 N–H and O–H groups in total.